The molecule has 2 aliphatic heterocycles. The van der Waals surface area contributed by atoms with E-state index in [0.717, 1.165) is 24.2 Å². The number of nitrogens with zero attached hydrogens (tertiary/aromatic N) is 1. The van der Waals surface area contributed by atoms with Crippen molar-refractivity contribution in [3.05, 3.63) is 42.4 Å². The van der Waals surface area contributed by atoms with Crippen LogP contribution in [0.5, 0.6) is 0 Å². The van der Waals surface area contributed by atoms with Crippen molar-refractivity contribution in [2.24, 2.45) is 0 Å². The Balaban J connectivity index is 0.00000121. The van der Waals surface area contributed by atoms with Crippen LogP contribution in [0.2, 0.25) is 0 Å². The lowest BCUT2D eigenvalue weighted by atomic mass is 9.99. The van der Waals surface area contributed by atoms with Crippen molar-refractivity contribution >= 4 is 30.7 Å². The van der Waals surface area contributed by atoms with Crippen LogP contribution >= 0.6 is 24.8 Å². The summed E-state index contributed by atoms with van der Waals surface area (Å²) in [4.78, 5) is 16.5. The highest BCUT2D eigenvalue weighted by Gasteiger charge is 2.33. The van der Waals surface area contributed by atoms with Crippen molar-refractivity contribution in [2.45, 2.75) is 56.7 Å². The monoisotopic (exact) mass is 397 g/mol. The fourth-order valence-electron chi connectivity index (χ4n) is 3.86. The Kier molecular flexibility index (Phi) is 7.50. The molecule has 2 aromatic rings. The van der Waals surface area contributed by atoms with Gasteiger partial charge in [-0.1, -0.05) is 30.3 Å². The van der Waals surface area contributed by atoms with Gasteiger partial charge in [0.25, 0.3) is 0 Å². The average Bonchev–Trinajstić information content (AvgIpc) is 3.20. The molecule has 1 aromatic heterocycles. The molecule has 0 radical (unpaired) electrons. The molecule has 1 amide bonds. The fraction of sp³-hybridized carbons (Fsp3) is 0.474. The van der Waals surface area contributed by atoms with E-state index in [1.165, 1.54) is 12.8 Å². The van der Waals surface area contributed by atoms with Crippen molar-refractivity contribution in [1.82, 2.24) is 15.6 Å². The zero-order valence-corrected chi connectivity index (χ0v) is 16.2. The number of piperidine rings is 1. The summed E-state index contributed by atoms with van der Waals surface area (Å²) in [5, 5.41) is 6.77. The highest BCUT2D eigenvalue weighted by atomic mass is 35.5. The summed E-state index contributed by atoms with van der Waals surface area (Å²) in [6.07, 6.45) is 7.29. The van der Waals surface area contributed by atoms with Gasteiger partial charge in [-0.2, -0.15) is 0 Å². The first-order valence-corrected chi connectivity index (χ1v) is 8.82. The third-order valence-electron chi connectivity index (χ3n) is 5.02. The zero-order chi connectivity index (χ0) is 16.4. The highest BCUT2D eigenvalue weighted by molar-refractivity contribution is 5.85. The van der Waals surface area contributed by atoms with Crippen LogP contribution in [0, 0.1) is 0 Å². The topological polar surface area (TPSA) is 67.2 Å². The van der Waals surface area contributed by atoms with Gasteiger partial charge in [0, 0.05) is 36.5 Å². The Bertz CT molecular complexity index is 696. The van der Waals surface area contributed by atoms with Crippen LogP contribution < -0.4 is 10.6 Å². The first-order chi connectivity index (χ1) is 11.8. The fourth-order valence-corrected chi connectivity index (χ4v) is 3.86. The van der Waals surface area contributed by atoms with Gasteiger partial charge < -0.3 is 15.1 Å². The molecule has 2 unspecified atom stereocenters. The molecule has 5 nitrogen and oxygen atoms in total. The molecule has 0 saturated carbocycles. The number of carbonyl (C=O) groups is 1. The second kappa shape index (κ2) is 9.40. The lowest BCUT2D eigenvalue weighted by molar-refractivity contribution is -0.122. The maximum atomic E-state index is 12.2. The quantitative estimate of drug-likeness (QED) is 0.809. The van der Waals surface area contributed by atoms with Crippen LogP contribution in [-0.4, -0.2) is 29.0 Å². The van der Waals surface area contributed by atoms with Crippen LogP contribution in [-0.2, 0) is 11.2 Å². The summed E-state index contributed by atoms with van der Waals surface area (Å²) >= 11 is 0. The number of nitrogens with one attached hydrogen (secondary N) is 2. The molecule has 2 bridgehead atoms. The molecule has 2 saturated heterocycles. The van der Waals surface area contributed by atoms with Crippen molar-refractivity contribution in [3.8, 4) is 11.3 Å². The van der Waals surface area contributed by atoms with E-state index in [4.69, 9.17) is 4.42 Å². The maximum Gasteiger partial charge on any atom is 0.220 e. The molecule has 0 aliphatic carbocycles. The summed E-state index contributed by atoms with van der Waals surface area (Å²) in [5.74, 6) is 1.47. The summed E-state index contributed by atoms with van der Waals surface area (Å²) in [6.45, 7) is 0. The van der Waals surface area contributed by atoms with Crippen molar-refractivity contribution in [2.75, 3.05) is 0 Å². The Labute approximate surface area is 166 Å². The number of halogens is 2. The van der Waals surface area contributed by atoms with Gasteiger partial charge >= 0.3 is 0 Å². The first kappa shape index (κ1) is 20.7. The van der Waals surface area contributed by atoms with Crippen molar-refractivity contribution < 1.29 is 9.21 Å². The predicted molar refractivity (Wildman–Crippen MR) is 106 cm³/mol. The molecule has 4 rings (SSSR count). The molecule has 2 fully saturated rings. The Hall–Kier alpha value is -1.56. The van der Waals surface area contributed by atoms with Gasteiger partial charge in [0.2, 0.25) is 5.91 Å². The molecule has 2 N–H and O–H groups in total. The van der Waals surface area contributed by atoms with Gasteiger partial charge in [-0.3, -0.25) is 4.79 Å². The molecule has 0 spiro atoms. The van der Waals surface area contributed by atoms with E-state index in [9.17, 15) is 4.79 Å². The van der Waals surface area contributed by atoms with Gasteiger partial charge in [-0.15, -0.1) is 24.8 Å². The Morgan fingerprint density at radius 2 is 1.85 bits per heavy atom. The molecule has 26 heavy (non-hydrogen) atoms. The number of hydrogen-bond donors (Lipinski definition) is 2. The summed E-state index contributed by atoms with van der Waals surface area (Å²) in [6, 6.07) is 11.4. The second-order valence-electron chi connectivity index (χ2n) is 6.86. The van der Waals surface area contributed by atoms with Gasteiger partial charge in [-0.05, 0) is 25.7 Å². The number of benzene rings is 1. The Morgan fingerprint density at radius 3 is 2.54 bits per heavy atom. The van der Waals surface area contributed by atoms with E-state index in [-0.39, 0.29) is 30.7 Å². The summed E-state index contributed by atoms with van der Waals surface area (Å²) in [7, 11) is 0. The number of oxazole rings is 1. The van der Waals surface area contributed by atoms with Crippen LogP contribution in [0.1, 0.15) is 38.0 Å². The average molecular weight is 398 g/mol. The van der Waals surface area contributed by atoms with Gasteiger partial charge in [0.15, 0.2) is 11.7 Å². The van der Waals surface area contributed by atoms with E-state index in [2.05, 4.69) is 15.6 Å². The van der Waals surface area contributed by atoms with E-state index < -0.39 is 0 Å². The van der Waals surface area contributed by atoms with Gasteiger partial charge in [0.05, 0.1) is 6.20 Å². The maximum absolute atomic E-state index is 12.2. The van der Waals surface area contributed by atoms with E-state index in [0.29, 0.717) is 36.9 Å². The van der Waals surface area contributed by atoms with Gasteiger partial charge in [-0.25, -0.2) is 4.98 Å². The molecule has 7 heteroatoms. The lowest BCUT2D eigenvalue weighted by Crippen LogP contribution is -2.48. The molecular formula is C19H25Cl2N3O2. The Morgan fingerprint density at radius 1 is 1.15 bits per heavy atom. The van der Waals surface area contributed by atoms with E-state index in [1.807, 2.05) is 30.3 Å². The van der Waals surface area contributed by atoms with Gasteiger partial charge in [0.1, 0.15) is 0 Å². The van der Waals surface area contributed by atoms with Crippen LogP contribution in [0.15, 0.2) is 40.9 Å². The number of rotatable bonds is 5. The number of amides is 1. The smallest absolute Gasteiger partial charge is 0.220 e. The third-order valence-corrected chi connectivity index (χ3v) is 5.02. The minimum atomic E-state index is 0. The van der Waals surface area contributed by atoms with Crippen LogP contribution in [0.4, 0.5) is 0 Å². The summed E-state index contributed by atoms with van der Waals surface area (Å²) in [5.41, 5.74) is 1.01. The van der Waals surface area contributed by atoms with Crippen molar-refractivity contribution in [1.29, 1.82) is 0 Å². The van der Waals surface area contributed by atoms with Crippen LogP contribution in [0.25, 0.3) is 11.3 Å². The molecule has 142 valence electrons. The minimum absolute atomic E-state index is 0. The number of aromatic nitrogens is 1. The number of carbonyl (C=O) groups excluding carboxylic acids is 1. The van der Waals surface area contributed by atoms with Crippen molar-refractivity contribution in [3.63, 3.8) is 0 Å². The lowest BCUT2D eigenvalue weighted by Gasteiger charge is -2.29. The van der Waals surface area contributed by atoms with E-state index in [1.54, 1.807) is 6.20 Å². The number of fused-ring (bicyclic) bond motifs is 2. The largest absolute Gasteiger partial charge is 0.441 e. The SMILES string of the molecule is Cl.Cl.O=C(CCc1ncc(-c2ccccc2)o1)NC1CC2CCC(C1)N2. The summed E-state index contributed by atoms with van der Waals surface area (Å²) < 4.78 is 5.75. The third kappa shape index (κ3) is 5.00. The molecule has 2 atom stereocenters. The molecule has 1 aromatic carbocycles. The van der Waals surface area contributed by atoms with E-state index >= 15 is 0 Å². The van der Waals surface area contributed by atoms with Crippen LogP contribution in [0.3, 0.4) is 0 Å². The predicted octanol–water partition coefficient (Wildman–Crippen LogP) is 3.52. The standard InChI is InChI=1S/C19H23N3O2.2ClH/c23-18(22-16-10-14-6-7-15(11-16)21-14)8-9-19-20-12-17(24-19)13-4-2-1-3-5-13;;/h1-5,12,14-16,21H,6-11H2,(H,22,23);2*1H. The minimum Gasteiger partial charge on any atom is -0.441 e. The second-order valence-corrected chi connectivity index (χ2v) is 6.86. The zero-order valence-electron chi connectivity index (χ0n) is 14.5. The molecular weight excluding hydrogens is 373 g/mol. The number of hydrogen-bond acceptors (Lipinski definition) is 4. The normalized spacial score (nSPS) is 23.6. The highest BCUT2D eigenvalue weighted by Crippen LogP contribution is 2.27. The molecule has 3 heterocycles. The number of aryl methyl sites for hydroxylation is 1. The first-order valence-electron chi connectivity index (χ1n) is 8.82. The molecule has 2 aliphatic rings.